The van der Waals surface area contributed by atoms with E-state index < -0.39 is 0 Å². The van der Waals surface area contributed by atoms with E-state index in [0.29, 0.717) is 0 Å². The zero-order valence-electron chi connectivity index (χ0n) is 31.0. The van der Waals surface area contributed by atoms with Crippen molar-refractivity contribution in [2.24, 2.45) is 0 Å². The summed E-state index contributed by atoms with van der Waals surface area (Å²) in [4.78, 5) is 2.48. The maximum absolute atomic E-state index is 2.48. The molecule has 2 aromatic heterocycles. The lowest BCUT2D eigenvalue weighted by molar-refractivity contribution is 1.31. The van der Waals surface area contributed by atoms with Crippen LogP contribution in [0.2, 0.25) is 0 Å². The third kappa shape index (κ3) is 6.00. The normalized spacial score (nSPS) is 11.5. The van der Waals surface area contributed by atoms with Gasteiger partial charge in [-0.3, -0.25) is 0 Å². The quantitative estimate of drug-likeness (QED) is 0.156. The van der Waals surface area contributed by atoms with Gasteiger partial charge in [-0.05, 0) is 93.0 Å². The number of benzene rings is 9. The SMILES string of the molecule is c1ccc(-c2ccc(N(c3ccc4sc5cc(-c6ccccc6)ccc5c4c3)c3ccc(-c4ccccc4)c4sc5cc(-c6ccccc6)ccc5c34)cc2)cc1. The Morgan fingerprint density at radius 3 is 1.40 bits per heavy atom. The average Bonchev–Trinajstić information content (AvgIpc) is 3.86. The lowest BCUT2D eigenvalue weighted by Crippen LogP contribution is -2.10. The Morgan fingerprint density at radius 1 is 0.298 bits per heavy atom. The van der Waals surface area contributed by atoms with Crippen LogP contribution >= 0.6 is 22.7 Å². The fraction of sp³-hybridized carbons (Fsp3) is 0. The minimum atomic E-state index is 1.12. The van der Waals surface area contributed by atoms with Crippen LogP contribution in [0.4, 0.5) is 17.1 Å². The van der Waals surface area contributed by atoms with Gasteiger partial charge in [0.25, 0.3) is 0 Å². The summed E-state index contributed by atoms with van der Waals surface area (Å²) in [5.41, 5.74) is 13.3. The molecule has 1 nitrogen and oxygen atoms in total. The molecule has 0 saturated carbocycles. The van der Waals surface area contributed by atoms with Gasteiger partial charge in [0.1, 0.15) is 0 Å². The van der Waals surface area contributed by atoms with Crippen molar-refractivity contribution < 1.29 is 0 Å². The predicted molar refractivity (Wildman–Crippen MR) is 249 cm³/mol. The average molecular weight is 762 g/mol. The van der Waals surface area contributed by atoms with Gasteiger partial charge in [0.2, 0.25) is 0 Å². The first-order chi connectivity index (χ1) is 28.2. The van der Waals surface area contributed by atoms with Gasteiger partial charge in [-0.25, -0.2) is 0 Å². The molecule has 11 rings (SSSR count). The van der Waals surface area contributed by atoms with Crippen LogP contribution in [0.3, 0.4) is 0 Å². The van der Waals surface area contributed by atoms with Crippen molar-refractivity contribution in [3.63, 3.8) is 0 Å². The number of rotatable bonds is 7. The van der Waals surface area contributed by atoms with Crippen molar-refractivity contribution in [1.29, 1.82) is 0 Å². The molecule has 0 aliphatic rings. The maximum atomic E-state index is 2.48. The highest BCUT2D eigenvalue weighted by Crippen LogP contribution is 2.50. The lowest BCUT2D eigenvalue weighted by Gasteiger charge is -2.27. The first-order valence-corrected chi connectivity index (χ1v) is 21.0. The number of hydrogen-bond acceptors (Lipinski definition) is 3. The van der Waals surface area contributed by atoms with Crippen LogP contribution < -0.4 is 4.90 Å². The van der Waals surface area contributed by atoms with Crippen molar-refractivity contribution >= 4 is 80.1 Å². The molecule has 0 fully saturated rings. The minimum absolute atomic E-state index is 1.12. The molecule has 0 N–H and O–H groups in total. The summed E-state index contributed by atoms with van der Waals surface area (Å²) in [5.74, 6) is 0. The van der Waals surface area contributed by atoms with Crippen molar-refractivity contribution in [1.82, 2.24) is 0 Å². The summed E-state index contributed by atoms with van der Waals surface area (Å²) in [5, 5.41) is 5.10. The molecule has 0 unspecified atom stereocenters. The van der Waals surface area contributed by atoms with Crippen LogP contribution in [0.25, 0.3) is 84.9 Å². The molecule has 0 spiro atoms. The fourth-order valence-corrected chi connectivity index (χ4v) is 10.7. The van der Waals surface area contributed by atoms with Crippen molar-refractivity contribution in [3.8, 4) is 44.5 Å². The molecule has 9 aromatic carbocycles. The predicted octanol–water partition coefficient (Wildman–Crippen LogP) is 16.6. The Hall–Kier alpha value is -6.78. The smallest absolute Gasteiger partial charge is 0.0555 e. The highest BCUT2D eigenvalue weighted by atomic mass is 32.1. The van der Waals surface area contributed by atoms with Crippen LogP contribution in [0, 0.1) is 0 Å². The first-order valence-electron chi connectivity index (χ1n) is 19.3. The van der Waals surface area contributed by atoms with Crippen LogP contribution in [-0.4, -0.2) is 0 Å². The van der Waals surface area contributed by atoms with Crippen LogP contribution in [0.5, 0.6) is 0 Å². The summed E-state index contributed by atoms with van der Waals surface area (Å²) in [7, 11) is 0. The molecule has 0 saturated heterocycles. The Bertz CT molecular complexity index is 3200. The van der Waals surface area contributed by atoms with E-state index in [0.717, 1.165) is 11.4 Å². The summed E-state index contributed by atoms with van der Waals surface area (Å²) in [6.07, 6.45) is 0. The van der Waals surface area contributed by atoms with Gasteiger partial charge in [0.15, 0.2) is 0 Å². The zero-order valence-corrected chi connectivity index (χ0v) is 32.6. The minimum Gasteiger partial charge on any atom is -0.310 e. The molecule has 268 valence electrons. The van der Waals surface area contributed by atoms with Gasteiger partial charge in [0.05, 0.1) is 5.69 Å². The number of fused-ring (bicyclic) bond motifs is 6. The Morgan fingerprint density at radius 2 is 0.789 bits per heavy atom. The molecule has 0 radical (unpaired) electrons. The Labute approximate surface area is 340 Å². The van der Waals surface area contributed by atoms with E-state index in [4.69, 9.17) is 0 Å². The van der Waals surface area contributed by atoms with Gasteiger partial charge in [-0.15, -0.1) is 22.7 Å². The third-order valence-electron chi connectivity index (χ3n) is 11.1. The molecule has 0 aliphatic heterocycles. The number of thiophene rings is 2. The number of anilines is 3. The van der Waals surface area contributed by atoms with Crippen LogP contribution in [-0.2, 0) is 0 Å². The topological polar surface area (TPSA) is 3.24 Å². The second-order valence-electron chi connectivity index (χ2n) is 14.5. The van der Waals surface area contributed by atoms with Gasteiger partial charge in [0, 0.05) is 51.7 Å². The number of hydrogen-bond donors (Lipinski definition) is 0. The fourth-order valence-electron chi connectivity index (χ4n) is 8.28. The molecule has 57 heavy (non-hydrogen) atoms. The summed E-state index contributed by atoms with van der Waals surface area (Å²) in [6.45, 7) is 0. The van der Waals surface area contributed by atoms with E-state index in [9.17, 15) is 0 Å². The van der Waals surface area contributed by atoms with Crippen molar-refractivity contribution in [2.45, 2.75) is 0 Å². The van der Waals surface area contributed by atoms with Crippen LogP contribution in [0.15, 0.2) is 212 Å². The van der Waals surface area contributed by atoms with Gasteiger partial charge < -0.3 is 4.90 Å². The van der Waals surface area contributed by atoms with E-state index in [2.05, 4.69) is 217 Å². The Balaban J connectivity index is 1.14. The molecule has 0 amide bonds. The third-order valence-corrected chi connectivity index (χ3v) is 13.4. The van der Waals surface area contributed by atoms with Gasteiger partial charge >= 0.3 is 0 Å². The summed E-state index contributed by atoms with van der Waals surface area (Å²) >= 11 is 3.76. The second kappa shape index (κ2) is 14.1. The molecular weight excluding hydrogens is 727 g/mol. The zero-order chi connectivity index (χ0) is 37.7. The largest absolute Gasteiger partial charge is 0.310 e. The van der Waals surface area contributed by atoms with E-state index >= 15 is 0 Å². The van der Waals surface area contributed by atoms with Gasteiger partial charge in [-0.2, -0.15) is 0 Å². The molecule has 0 atom stereocenters. The monoisotopic (exact) mass is 761 g/mol. The summed E-state index contributed by atoms with van der Waals surface area (Å²) in [6, 6.07) is 77.6. The molecule has 3 heteroatoms. The molecule has 11 aromatic rings. The number of nitrogens with zero attached hydrogens (tertiary/aromatic N) is 1. The highest BCUT2D eigenvalue weighted by Gasteiger charge is 2.22. The Kier molecular flexibility index (Phi) is 8.28. The van der Waals surface area contributed by atoms with Gasteiger partial charge in [-0.1, -0.05) is 164 Å². The second-order valence-corrected chi connectivity index (χ2v) is 16.6. The standard InChI is InChI=1S/C54H35NS2/c1-5-13-36(14-6-1)39-21-25-43(26-22-39)55(44-27-32-50-48(35-44)46-28-23-41(33-51(46)56-50)37-15-7-2-8-16-37)49-31-30-45(40-19-11-4-12-20-40)54-53(49)47-29-24-42(34-52(47)57-54)38-17-9-3-10-18-38/h1-35H. The molecule has 0 bridgehead atoms. The van der Waals surface area contributed by atoms with E-state index in [-0.39, 0.29) is 0 Å². The van der Waals surface area contributed by atoms with Crippen molar-refractivity contribution in [2.75, 3.05) is 4.90 Å². The molecule has 2 heterocycles. The molecular formula is C54H35NS2. The van der Waals surface area contributed by atoms with E-state index in [1.165, 1.54) is 90.5 Å². The maximum Gasteiger partial charge on any atom is 0.0555 e. The van der Waals surface area contributed by atoms with E-state index in [1.807, 2.05) is 22.7 Å². The summed E-state index contributed by atoms with van der Waals surface area (Å²) < 4.78 is 5.16. The van der Waals surface area contributed by atoms with E-state index in [1.54, 1.807) is 0 Å². The lowest BCUT2D eigenvalue weighted by atomic mass is 9.98. The first kappa shape index (κ1) is 33.5. The van der Waals surface area contributed by atoms with Crippen molar-refractivity contribution in [3.05, 3.63) is 212 Å². The molecule has 0 aliphatic carbocycles. The van der Waals surface area contributed by atoms with Crippen LogP contribution in [0.1, 0.15) is 0 Å². The highest BCUT2D eigenvalue weighted by molar-refractivity contribution is 7.26.